The number of hydrogen-bond donors (Lipinski definition) is 1. The molecule has 0 saturated carbocycles. The van der Waals surface area contributed by atoms with E-state index in [4.69, 9.17) is 9.40 Å². The Morgan fingerprint density at radius 1 is 1.06 bits per heavy atom. The number of rotatable bonds is 14. The van der Waals surface area contributed by atoms with Crippen LogP contribution in [0.3, 0.4) is 0 Å². The number of amides is 1. The van der Waals surface area contributed by atoms with Crippen molar-refractivity contribution in [3.63, 3.8) is 0 Å². The Morgan fingerprint density at radius 2 is 1.77 bits per heavy atom. The van der Waals surface area contributed by atoms with Crippen molar-refractivity contribution in [2.24, 2.45) is 11.8 Å². The Labute approximate surface area is 210 Å². The summed E-state index contributed by atoms with van der Waals surface area (Å²) >= 11 is 0. The first-order chi connectivity index (χ1) is 16.7. The van der Waals surface area contributed by atoms with Crippen molar-refractivity contribution in [2.75, 3.05) is 39.0 Å². The molecule has 0 saturated heterocycles. The van der Waals surface area contributed by atoms with E-state index < -0.39 is 0 Å². The Morgan fingerprint density at radius 3 is 2.37 bits per heavy atom. The molecule has 0 radical (unpaired) electrons. The maximum Gasteiger partial charge on any atom is 0.253 e. The van der Waals surface area contributed by atoms with Gasteiger partial charge in [-0.2, -0.15) is 0 Å². The number of fused-ring (bicyclic) bond motifs is 1. The Hall–Kier alpha value is -2.80. The van der Waals surface area contributed by atoms with Gasteiger partial charge in [0.25, 0.3) is 5.91 Å². The summed E-state index contributed by atoms with van der Waals surface area (Å²) in [5, 5.41) is 3.43. The molecule has 0 spiro atoms. The summed E-state index contributed by atoms with van der Waals surface area (Å²) in [6.07, 6.45) is 4.69. The Balaban J connectivity index is 1.88. The molecule has 7 heteroatoms. The number of carbonyl (C=O) groups excluding carboxylic acids is 1. The minimum atomic E-state index is 0.110. The van der Waals surface area contributed by atoms with Crippen molar-refractivity contribution in [2.45, 2.75) is 60.0 Å². The molecule has 1 aromatic carbocycles. The highest BCUT2D eigenvalue weighted by atomic mass is 16.3. The average molecular weight is 482 g/mol. The molecule has 3 aromatic rings. The molecule has 192 valence electrons. The van der Waals surface area contributed by atoms with Gasteiger partial charge in [-0.3, -0.25) is 4.79 Å². The zero-order chi connectivity index (χ0) is 25.4. The molecule has 0 aliphatic heterocycles. The molecule has 1 N–H and O–H groups in total. The fraction of sp³-hybridized carbons (Fsp3) is 0.571. The number of benzene rings is 1. The normalized spacial score (nSPS) is 11.8. The molecular formula is C28H43N5O2. The highest BCUT2D eigenvalue weighted by molar-refractivity contribution is 5.97. The fourth-order valence-corrected chi connectivity index (χ4v) is 4.07. The zero-order valence-electron chi connectivity index (χ0n) is 22.4. The lowest BCUT2D eigenvalue weighted by Gasteiger charge is -2.24. The van der Waals surface area contributed by atoms with Crippen LogP contribution in [-0.2, 0) is 13.1 Å². The number of carbonyl (C=O) groups is 1. The van der Waals surface area contributed by atoms with Gasteiger partial charge in [-0.25, -0.2) is 4.98 Å². The quantitative estimate of drug-likeness (QED) is 0.319. The Bertz CT molecular complexity index is 1040. The Kier molecular flexibility index (Phi) is 9.78. The molecule has 0 fully saturated rings. The maximum atomic E-state index is 13.6. The third-order valence-electron chi connectivity index (χ3n) is 6.22. The van der Waals surface area contributed by atoms with Gasteiger partial charge in [0, 0.05) is 25.2 Å². The van der Waals surface area contributed by atoms with Gasteiger partial charge in [-0.1, -0.05) is 27.7 Å². The van der Waals surface area contributed by atoms with Crippen LogP contribution >= 0.6 is 0 Å². The SMILES string of the molecule is CC(C)CCN(CCC(C)C)C(=O)c1ccc2nc(NCc3ccco3)n(CCCN(C)C)c2c1. The van der Waals surface area contributed by atoms with Crippen molar-refractivity contribution in [3.8, 4) is 0 Å². The highest BCUT2D eigenvalue weighted by Gasteiger charge is 2.19. The van der Waals surface area contributed by atoms with E-state index in [-0.39, 0.29) is 5.91 Å². The standard InChI is InChI=1S/C28H43N5O2/c1-21(2)12-16-32(17-13-22(3)4)27(34)23-10-11-25-26(19-23)33(15-8-14-31(5)6)28(30-25)29-20-24-9-7-18-35-24/h7,9-11,18-19,21-22H,8,12-17,20H2,1-6H3,(H,29,30). The molecule has 2 aromatic heterocycles. The van der Waals surface area contributed by atoms with E-state index in [0.717, 1.165) is 73.7 Å². The van der Waals surface area contributed by atoms with Crippen LogP contribution in [0.2, 0.25) is 0 Å². The predicted molar refractivity (Wildman–Crippen MR) is 144 cm³/mol. The summed E-state index contributed by atoms with van der Waals surface area (Å²) in [5.74, 6) is 2.90. The van der Waals surface area contributed by atoms with E-state index in [9.17, 15) is 4.79 Å². The zero-order valence-corrected chi connectivity index (χ0v) is 22.4. The second-order valence-electron chi connectivity index (χ2n) is 10.5. The van der Waals surface area contributed by atoms with Gasteiger partial charge in [0.1, 0.15) is 5.76 Å². The predicted octanol–water partition coefficient (Wildman–Crippen LogP) is 5.73. The lowest BCUT2D eigenvalue weighted by atomic mass is 10.1. The summed E-state index contributed by atoms with van der Waals surface area (Å²) in [6.45, 7) is 12.8. The van der Waals surface area contributed by atoms with E-state index in [0.29, 0.717) is 18.4 Å². The maximum absolute atomic E-state index is 13.6. The van der Waals surface area contributed by atoms with Crippen molar-refractivity contribution < 1.29 is 9.21 Å². The number of furan rings is 1. The number of aromatic nitrogens is 2. The molecule has 0 unspecified atom stereocenters. The van der Waals surface area contributed by atoms with Crippen LogP contribution in [-0.4, -0.2) is 59.0 Å². The van der Waals surface area contributed by atoms with Gasteiger partial charge in [0.2, 0.25) is 5.95 Å². The lowest BCUT2D eigenvalue weighted by molar-refractivity contribution is 0.0741. The van der Waals surface area contributed by atoms with Crippen LogP contribution in [0.4, 0.5) is 5.95 Å². The van der Waals surface area contributed by atoms with Gasteiger partial charge < -0.3 is 24.1 Å². The van der Waals surface area contributed by atoms with E-state index in [1.807, 2.05) is 35.2 Å². The number of nitrogens with one attached hydrogen (secondary N) is 1. The largest absolute Gasteiger partial charge is 0.467 e. The second kappa shape index (κ2) is 12.8. The fourth-order valence-electron chi connectivity index (χ4n) is 4.07. The first kappa shape index (κ1) is 26.8. The van der Waals surface area contributed by atoms with Gasteiger partial charge in [0.15, 0.2) is 0 Å². The van der Waals surface area contributed by atoms with E-state index >= 15 is 0 Å². The third kappa shape index (κ3) is 7.85. The first-order valence-electron chi connectivity index (χ1n) is 12.9. The molecule has 0 atom stereocenters. The summed E-state index contributed by atoms with van der Waals surface area (Å²) in [7, 11) is 4.17. The summed E-state index contributed by atoms with van der Waals surface area (Å²) < 4.78 is 7.68. The van der Waals surface area contributed by atoms with Gasteiger partial charge in [-0.05, 0) is 82.1 Å². The number of hydrogen-bond acceptors (Lipinski definition) is 5. The van der Waals surface area contributed by atoms with E-state index in [1.54, 1.807) is 6.26 Å². The monoisotopic (exact) mass is 481 g/mol. The molecule has 3 rings (SSSR count). The van der Waals surface area contributed by atoms with E-state index in [2.05, 4.69) is 56.6 Å². The first-order valence-corrected chi connectivity index (χ1v) is 12.9. The number of imidazole rings is 1. The summed E-state index contributed by atoms with van der Waals surface area (Å²) in [5.41, 5.74) is 2.62. The van der Waals surface area contributed by atoms with Crippen molar-refractivity contribution in [1.29, 1.82) is 0 Å². The topological polar surface area (TPSA) is 66.5 Å². The van der Waals surface area contributed by atoms with Gasteiger partial charge in [0.05, 0.1) is 23.8 Å². The number of anilines is 1. The summed E-state index contributed by atoms with van der Waals surface area (Å²) in [4.78, 5) is 22.6. The molecule has 7 nitrogen and oxygen atoms in total. The molecule has 35 heavy (non-hydrogen) atoms. The smallest absolute Gasteiger partial charge is 0.253 e. The molecule has 0 bridgehead atoms. The summed E-state index contributed by atoms with van der Waals surface area (Å²) in [6, 6.07) is 9.77. The minimum absolute atomic E-state index is 0.110. The van der Waals surface area contributed by atoms with Crippen molar-refractivity contribution in [3.05, 3.63) is 47.9 Å². The number of nitrogens with zero attached hydrogens (tertiary/aromatic N) is 4. The lowest BCUT2D eigenvalue weighted by Crippen LogP contribution is -2.34. The van der Waals surface area contributed by atoms with Crippen molar-refractivity contribution >= 4 is 22.9 Å². The molecule has 0 aliphatic rings. The number of aryl methyl sites for hydroxylation is 1. The van der Waals surface area contributed by atoms with Gasteiger partial charge >= 0.3 is 0 Å². The van der Waals surface area contributed by atoms with Crippen LogP contribution in [0.15, 0.2) is 41.0 Å². The minimum Gasteiger partial charge on any atom is -0.467 e. The van der Waals surface area contributed by atoms with Crippen molar-refractivity contribution in [1.82, 2.24) is 19.4 Å². The molecule has 2 heterocycles. The van der Waals surface area contributed by atoms with Crippen LogP contribution in [0.5, 0.6) is 0 Å². The third-order valence-corrected chi connectivity index (χ3v) is 6.22. The van der Waals surface area contributed by atoms with Crippen LogP contribution < -0.4 is 5.32 Å². The van der Waals surface area contributed by atoms with Gasteiger partial charge in [-0.15, -0.1) is 0 Å². The molecule has 1 amide bonds. The highest BCUT2D eigenvalue weighted by Crippen LogP contribution is 2.24. The molecular weight excluding hydrogens is 438 g/mol. The van der Waals surface area contributed by atoms with Crippen LogP contribution in [0.1, 0.15) is 63.1 Å². The van der Waals surface area contributed by atoms with Crippen LogP contribution in [0, 0.1) is 11.8 Å². The van der Waals surface area contributed by atoms with E-state index in [1.165, 1.54) is 0 Å². The van der Waals surface area contributed by atoms with Crippen LogP contribution in [0.25, 0.3) is 11.0 Å². The molecule has 0 aliphatic carbocycles. The second-order valence-corrected chi connectivity index (χ2v) is 10.5. The average Bonchev–Trinajstić information content (AvgIpc) is 3.44.